The van der Waals surface area contributed by atoms with Gasteiger partial charge in [0.15, 0.2) is 0 Å². The van der Waals surface area contributed by atoms with Crippen molar-refractivity contribution in [2.75, 3.05) is 19.7 Å². The summed E-state index contributed by atoms with van der Waals surface area (Å²) in [6.07, 6.45) is 5.12. The Hall–Kier alpha value is -2.34. The Morgan fingerprint density at radius 1 is 1.26 bits per heavy atom. The number of carbonyl (C=O) groups excluding carboxylic acids is 1. The average Bonchev–Trinajstić information content (AvgIpc) is 2.65. The summed E-state index contributed by atoms with van der Waals surface area (Å²) in [4.78, 5) is 19.1. The Morgan fingerprint density at radius 3 is 2.74 bits per heavy atom. The first-order chi connectivity index (χ1) is 13.0. The molecule has 0 aliphatic carbocycles. The molecule has 27 heavy (non-hydrogen) atoms. The summed E-state index contributed by atoms with van der Waals surface area (Å²) in [5, 5.41) is 0. The van der Waals surface area contributed by atoms with E-state index in [1.165, 1.54) is 12.1 Å². The maximum Gasteiger partial charge on any atom is 0.313 e. The molecule has 0 spiro atoms. The minimum Gasteiger partial charge on any atom is -0.466 e. The zero-order valence-corrected chi connectivity index (χ0v) is 15.5. The van der Waals surface area contributed by atoms with E-state index in [4.69, 9.17) is 4.74 Å². The lowest BCUT2D eigenvalue weighted by Crippen LogP contribution is -2.49. The molecule has 0 unspecified atom stereocenters. The van der Waals surface area contributed by atoms with Crippen molar-refractivity contribution < 1.29 is 18.3 Å². The van der Waals surface area contributed by atoms with Crippen molar-refractivity contribution in [2.45, 2.75) is 32.7 Å². The first-order valence-corrected chi connectivity index (χ1v) is 9.25. The van der Waals surface area contributed by atoms with E-state index >= 15 is 0 Å². The first-order valence-electron chi connectivity index (χ1n) is 9.25. The second-order valence-corrected chi connectivity index (χ2v) is 7.08. The molecular formula is C21H24F2N2O2. The van der Waals surface area contributed by atoms with Gasteiger partial charge in [0.1, 0.15) is 11.6 Å². The lowest BCUT2D eigenvalue weighted by atomic mass is 9.75. The molecule has 4 nitrogen and oxygen atoms in total. The van der Waals surface area contributed by atoms with Gasteiger partial charge in [-0.15, -0.1) is 0 Å². The van der Waals surface area contributed by atoms with Crippen LogP contribution in [0.5, 0.6) is 0 Å². The Morgan fingerprint density at radius 2 is 2.04 bits per heavy atom. The maximum absolute atomic E-state index is 14.3. The fourth-order valence-corrected chi connectivity index (χ4v) is 3.81. The van der Waals surface area contributed by atoms with E-state index in [-0.39, 0.29) is 19.0 Å². The van der Waals surface area contributed by atoms with Crippen LogP contribution in [0.2, 0.25) is 0 Å². The van der Waals surface area contributed by atoms with Crippen LogP contribution in [0, 0.1) is 17.0 Å². The van der Waals surface area contributed by atoms with Gasteiger partial charge in [0.05, 0.1) is 12.0 Å². The van der Waals surface area contributed by atoms with Gasteiger partial charge in [0.2, 0.25) is 0 Å². The number of rotatable bonds is 6. The molecule has 1 atom stereocenters. The van der Waals surface area contributed by atoms with Crippen molar-refractivity contribution >= 4 is 5.97 Å². The topological polar surface area (TPSA) is 42.4 Å². The summed E-state index contributed by atoms with van der Waals surface area (Å²) < 4.78 is 32.9. The van der Waals surface area contributed by atoms with Crippen LogP contribution in [0.4, 0.5) is 8.78 Å². The number of aromatic nitrogens is 1. The summed E-state index contributed by atoms with van der Waals surface area (Å²) >= 11 is 0. The molecule has 2 heterocycles. The molecule has 0 amide bonds. The van der Waals surface area contributed by atoms with Crippen LogP contribution in [0.1, 0.15) is 30.9 Å². The monoisotopic (exact) mass is 374 g/mol. The lowest BCUT2D eigenvalue weighted by Gasteiger charge is -2.41. The van der Waals surface area contributed by atoms with Crippen LogP contribution < -0.4 is 0 Å². The number of hydrogen-bond donors (Lipinski definition) is 0. The van der Waals surface area contributed by atoms with Crippen molar-refractivity contribution in [3.8, 4) is 0 Å². The molecule has 1 aromatic carbocycles. The van der Waals surface area contributed by atoms with E-state index in [1.54, 1.807) is 19.3 Å². The van der Waals surface area contributed by atoms with Crippen LogP contribution >= 0.6 is 0 Å². The van der Waals surface area contributed by atoms with Gasteiger partial charge in [-0.25, -0.2) is 8.78 Å². The second-order valence-electron chi connectivity index (χ2n) is 7.08. The van der Waals surface area contributed by atoms with Crippen molar-refractivity contribution in [3.05, 3.63) is 65.5 Å². The second kappa shape index (κ2) is 8.57. The van der Waals surface area contributed by atoms with Gasteiger partial charge in [0.25, 0.3) is 0 Å². The third kappa shape index (κ3) is 4.69. The zero-order valence-electron chi connectivity index (χ0n) is 15.5. The number of piperidine rings is 1. The van der Waals surface area contributed by atoms with Gasteiger partial charge in [-0.3, -0.25) is 14.7 Å². The fourth-order valence-electron chi connectivity index (χ4n) is 3.81. The van der Waals surface area contributed by atoms with Crippen LogP contribution in [0.3, 0.4) is 0 Å². The zero-order chi connectivity index (χ0) is 19.3. The molecule has 0 saturated carbocycles. The summed E-state index contributed by atoms with van der Waals surface area (Å²) in [7, 11) is 0. The third-order valence-electron chi connectivity index (χ3n) is 5.06. The summed E-state index contributed by atoms with van der Waals surface area (Å²) in [6.45, 7) is 4.06. The molecule has 1 aromatic heterocycles. The number of likely N-dealkylation sites (tertiary alicyclic amines) is 1. The smallest absolute Gasteiger partial charge is 0.313 e. The van der Waals surface area contributed by atoms with Crippen LogP contribution in [-0.4, -0.2) is 35.5 Å². The van der Waals surface area contributed by atoms with Gasteiger partial charge in [0, 0.05) is 31.5 Å². The maximum atomic E-state index is 14.3. The van der Waals surface area contributed by atoms with Crippen molar-refractivity contribution in [2.24, 2.45) is 5.41 Å². The summed E-state index contributed by atoms with van der Waals surface area (Å²) in [5.74, 6) is -1.55. The third-order valence-corrected chi connectivity index (χ3v) is 5.06. The van der Waals surface area contributed by atoms with Crippen molar-refractivity contribution in [1.29, 1.82) is 0 Å². The van der Waals surface area contributed by atoms with Crippen LogP contribution in [0.25, 0.3) is 0 Å². The number of hydrogen-bond acceptors (Lipinski definition) is 4. The average molecular weight is 374 g/mol. The van der Waals surface area contributed by atoms with E-state index in [1.807, 2.05) is 12.1 Å². The Kier molecular flexibility index (Phi) is 6.16. The number of benzene rings is 1. The van der Waals surface area contributed by atoms with E-state index in [0.29, 0.717) is 25.1 Å². The van der Waals surface area contributed by atoms with E-state index in [9.17, 15) is 13.6 Å². The first kappa shape index (κ1) is 19.4. The highest BCUT2D eigenvalue weighted by Crippen LogP contribution is 2.36. The van der Waals surface area contributed by atoms with Crippen LogP contribution in [-0.2, 0) is 22.5 Å². The predicted octanol–water partition coefficient (Wildman–Crippen LogP) is 3.75. The Labute approximate surface area is 158 Å². The molecule has 144 valence electrons. The quantitative estimate of drug-likeness (QED) is 0.723. The molecular weight excluding hydrogens is 350 g/mol. The molecule has 1 aliphatic rings. The Balaban J connectivity index is 1.84. The van der Waals surface area contributed by atoms with Crippen molar-refractivity contribution in [3.63, 3.8) is 0 Å². The van der Waals surface area contributed by atoms with Gasteiger partial charge in [-0.05, 0) is 62.1 Å². The van der Waals surface area contributed by atoms with Gasteiger partial charge in [-0.1, -0.05) is 6.07 Å². The number of pyridine rings is 1. The van der Waals surface area contributed by atoms with E-state index in [0.717, 1.165) is 24.6 Å². The van der Waals surface area contributed by atoms with E-state index < -0.39 is 17.0 Å². The standard InChI is InChI=1S/C21H24F2N2O2/c1-2-27-20(26)21(13-17-4-5-18(22)12-19(17)23)8-3-11-25(15-21)14-16-6-9-24-10-7-16/h4-7,9-10,12H,2-3,8,11,13-15H2,1H3/t21-/m0/s1. The molecule has 0 N–H and O–H groups in total. The SMILES string of the molecule is CCOC(=O)[C@]1(Cc2ccc(F)cc2F)CCCN(Cc2ccncc2)C1. The molecule has 0 bridgehead atoms. The minimum atomic E-state index is -0.833. The number of nitrogens with zero attached hydrogens (tertiary/aromatic N) is 2. The van der Waals surface area contributed by atoms with Gasteiger partial charge in [-0.2, -0.15) is 0 Å². The predicted molar refractivity (Wildman–Crippen MR) is 97.9 cm³/mol. The molecule has 6 heteroatoms. The van der Waals surface area contributed by atoms with Crippen LogP contribution in [0.15, 0.2) is 42.7 Å². The highest BCUT2D eigenvalue weighted by molar-refractivity contribution is 5.77. The van der Waals surface area contributed by atoms with Gasteiger partial charge < -0.3 is 4.74 Å². The number of halogens is 2. The largest absolute Gasteiger partial charge is 0.466 e. The number of esters is 1. The summed E-state index contributed by atoms with van der Waals surface area (Å²) in [5.41, 5.74) is 0.618. The van der Waals surface area contributed by atoms with E-state index in [2.05, 4.69) is 9.88 Å². The number of ether oxygens (including phenoxy) is 1. The molecule has 1 fully saturated rings. The lowest BCUT2D eigenvalue weighted by molar-refractivity contribution is -0.159. The fraction of sp³-hybridized carbons (Fsp3) is 0.429. The molecule has 2 aromatic rings. The molecule has 1 aliphatic heterocycles. The Bertz CT molecular complexity index is 785. The highest BCUT2D eigenvalue weighted by atomic mass is 19.1. The van der Waals surface area contributed by atoms with Crippen molar-refractivity contribution in [1.82, 2.24) is 9.88 Å². The summed E-state index contributed by atoms with van der Waals surface area (Å²) in [6, 6.07) is 7.41. The normalized spacial score (nSPS) is 20.4. The highest BCUT2D eigenvalue weighted by Gasteiger charge is 2.44. The molecule has 1 saturated heterocycles. The number of carbonyl (C=O) groups is 1. The molecule has 3 rings (SSSR count). The molecule has 0 radical (unpaired) electrons. The minimum absolute atomic E-state index is 0.199. The van der Waals surface area contributed by atoms with Gasteiger partial charge >= 0.3 is 5.97 Å².